The summed E-state index contributed by atoms with van der Waals surface area (Å²) in [5.74, 6) is 0.368. The SMILES string of the molecule is CCC(C)c1nc(N(C)C2CCCC2)sc1C=O. The third-order valence-electron chi connectivity index (χ3n) is 4.03. The van der Waals surface area contributed by atoms with Gasteiger partial charge in [0.05, 0.1) is 10.6 Å². The number of aromatic nitrogens is 1. The molecule has 1 aliphatic carbocycles. The lowest BCUT2D eigenvalue weighted by Gasteiger charge is -2.23. The van der Waals surface area contributed by atoms with Gasteiger partial charge in [0.15, 0.2) is 11.4 Å². The van der Waals surface area contributed by atoms with Gasteiger partial charge in [-0.25, -0.2) is 4.98 Å². The molecular formula is C14H22N2OS. The van der Waals surface area contributed by atoms with Gasteiger partial charge in [0.2, 0.25) is 0 Å². The van der Waals surface area contributed by atoms with Crippen LogP contribution >= 0.6 is 11.3 Å². The van der Waals surface area contributed by atoms with Gasteiger partial charge in [-0.1, -0.05) is 38.0 Å². The molecule has 2 rings (SSSR count). The average Bonchev–Trinajstić information content (AvgIpc) is 3.05. The summed E-state index contributed by atoms with van der Waals surface area (Å²) < 4.78 is 0. The minimum Gasteiger partial charge on any atom is -0.348 e. The van der Waals surface area contributed by atoms with Crippen molar-refractivity contribution in [1.29, 1.82) is 0 Å². The Morgan fingerprint density at radius 2 is 2.17 bits per heavy atom. The number of aldehydes is 1. The van der Waals surface area contributed by atoms with Crippen LogP contribution in [0.5, 0.6) is 0 Å². The normalized spacial score (nSPS) is 17.9. The van der Waals surface area contributed by atoms with Gasteiger partial charge in [-0.15, -0.1) is 0 Å². The van der Waals surface area contributed by atoms with Crippen LogP contribution in [0, 0.1) is 0 Å². The zero-order valence-electron chi connectivity index (χ0n) is 11.5. The molecule has 100 valence electrons. The molecule has 0 radical (unpaired) electrons. The molecule has 1 heterocycles. The van der Waals surface area contributed by atoms with Gasteiger partial charge in [0.1, 0.15) is 0 Å². The Kier molecular flexibility index (Phi) is 4.38. The Morgan fingerprint density at radius 3 is 2.72 bits per heavy atom. The zero-order valence-corrected chi connectivity index (χ0v) is 12.3. The maximum absolute atomic E-state index is 11.2. The third-order valence-corrected chi connectivity index (χ3v) is 5.12. The van der Waals surface area contributed by atoms with Crippen molar-refractivity contribution in [2.75, 3.05) is 11.9 Å². The summed E-state index contributed by atoms with van der Waals surface area (Å²) >= 11 is 1.54. The highest BCUT2D eigenvalue weighted by Gasteiger charge is 2.24. The highest BCUT2D eigenvalue weighted by Crippen LogP contribution is 2.34. The molecule has 0 bridgehead atoms. The van der Waals surface area contributed by atoms with Crippen molar-refractivity contribution in [3.63, 3.8) is 0 Å². The van der Waals surface area contributed by atoms with Crippen molar-refractivity contribution in [1.82, 2.24) is 4.98 Å². The lowest BCUT2D eigenvalue weighted by atomic mass is 10.0. The van der Waals surface area contributed by atoms with Crippen LogP contribution in [0.2, 0.25) is 0 Å². The number of nitrogens with zero attached hydrogens (tertiary/aromatic N) is 2. The van der Waals surface area contributed by atoms with Crippen molar-refractivity contribution >= 4 is 22.8 Å². The fourth-order valence-corrected chi connectivity index (χ4v) is 3.59. The lowest BCUT2D eigenvalue weighted by molar-refractivity contribution is 0.112. The Hall–Kier alpha value is -0.900. The molecule has 0 N–H and O–H groups in total. The number of rotatable bonds is 5. The maximum Gasteiger partial charge on any atom is 0.186 e. The topological polar surface area (TPSA) is 33.2 Å². The molecular weight excluding hydrogens is 244 g/mol. The molecule has 0 spiro atoms. The van der Waals surface area contributed by atoms with E-state index in [1.807, 2.05) is 0 Å². The van der Waals surface area contributed by atoms with Gasteiger partial charge in [-0.3, -0.25) is 4.79 Å². The van der Waals surface area contributed by atoms with Gasteiger partial charge < -0.3 is 4.90 Å². The monoisotopic (exact) mass is 266 g/mol. The fourth-order valence-electron chi connectivity index (χ4n) is 2.56. The van der Waals surface area contributed by atoms with E-state index >= 15 is 0 Å². The average molecular weight is 266 g/mol. The first kappa shape index (κ1) is 13.5. The second kappa shape index (κ2) is 5.83. The van der Waals surface area contributed by atoms with E-state index in [2.05, 4.69) is 25.8 Å². The Balaban J connectivity index is 2.22. The molecule has 1 unspecified atom stereocenters. The Labute approximate surface area is 113 Å². The van der Waals surface area contributed by atoms with Crippen LogP contribution in [0.4, 0.5) is 5.13 Å². The first-order valence-electron chi connectivity index (χ1n) is 6.86. The summed E-state index contributed by atoms with van der Waals surface area (Å²) in [6.07, 6.45) is 7.14. The van der Waals surface area contributed by atoms with Gasteiger partial charge in [0.25, 0.3) is 0 Å². The van der Waals surface area contributed by atoms with Crippen LogP contribution in [-0.2, 0) is 0 Å². The van der Waals surface area contributed by atoms with Gasteiger partial charge in [-0.2, -0.15) is 0 Å². The highest BCUT2D eigenvalue weighted by molar-refractivity contribution is 7.17. The molecule has 1 fully saturated rings. The van der Waals surface area contributed by atoms with Gasteiger partial charge in [-0.05, 0) is 25.2 Å². The van der Waals surface area contributed by atoms with Crippen LogP contribution in [-0.4, -0.2) is 24.4 Å². The van der Waals surface area contributed by atoms with Crippen molar-refractivity contribution in [2.24, 2.45) is 0 Å². The van der Waals surface area contributed by atoms with Crippen molar-refractivity contribution in [3.05, 3.63) is 10.6 Å². The van der Waals surface area contributed by atoms with E-state index in [-0.39, 0.29) is 0 Å². The number of thiazole rings is 1. The van der Waals surface area contributed by atoms with E-state index in [1.54, 1.807) is 11.3 Å². The summed E-state index contributed by atoms with van der Waals surface area (Å²) in [4.78, 5) is 19.0. The molecule has 1 atom stereocenters. The van der Waals surface area contributed by atoms with Crippen LogP contribution in [0.15, 0.2) is 0 Å². The molecule has 1 aliphatic rings. The van der Waals surface area contributed by atoms with Crippen molar-refractivity contribution in [2.45, 2.75) is 57.9 Å². The maximum atomic E-state index is 11.2. The quantitative estimate of drug-likeness (QED) is 0.759. The Morgan fingerprint density at radius 1 is 1.50 bits per heavy atom. The van der Waals surface area contributed by atoms with Crippen molar-refractivity contribution < 1.29 is 4.79 Å². The van der Waals surface area contributed by atoms with E-state index in [9.17, 15) is 4.79 Å². The number of hydrogen-bond acceptors (Lipinski definition) is 4. The molecule has 18 heavy (non-hydrogen) atoms. The van der Waals surface area contributed by atoms with E-state index in [0.29, 0.717) is 12.0 Å². The van der Waals surface area contributed by atoms with E-state index in [1.165, 1.54) is 25.7 Å². The molecule has 0 saturated heterocycles. The highest BCUT2D eigenvalue weighted by atomic mass is 32.1. The van der Waals surface area contributed by atoms with Crippen molar-refractivity contribution in [3.8, 4) is 0 Å². The van der Waals surface area contributed by atoms with Crippen LogP contribution in [0.3, 0.4) is 0 Å². The molecule has 0 aromatic carbocycles. The number of carbonyl (C=O) groups is 1. The van der Waals surface area contributed by atoms with Crippen LogP contribution in [0.25, 0.3) is 0 Å². The second-order valence-corrected chi connectivity index (χ2v) is 6.23. The molecule has 1 saturated carbocycles. The molecule has 0 aliphatic heterocycles. The molecule has 0 amide bonds. The molecule has 4 heteroatoms. The lowest BCUT2D eigenvalue weighted by Crippen LogP contribution is -2.28. The number of anilines is 1. The molecule has 1 aromatic heterocycles. The van der Waals surface area contributed by atoms with E-state index < -0.39 is 0 Å². The summed E-state index contributed by atoms with van der Waals surface area (Å²) in [5, 5.41) is 1.01. The number of carbonyl (C=O) groups excluding carboxylic acids is 1. The third kappa shape index (κ3) is 2.58. The first-order valence-corrected chi connectivity index (χ1v) is 7.67. The minimum atomic E-state index is 0.368. The molecule has 3 nitrogen and oxygen atoms in total. The second-order valence-electron chi connectivity index (χ2n) is 5.22. The zero-order chi connectivity index (χ0) is 13.1. The standard InChI is InChI=1S/C14H22N2OS/c1-4-10(2)13-12(9-17)18-14(15-13)16(3)11-7-5-6-8-11/h9-11H,4-8H2,1-3H3. The van der Waals surface area contributed by atoms with Crippen LogP contribution < -0.4 is 4.90 Å². The van der Waals surface area contributed by atoms with Crippen LogP contribution in [0.1, 0.15) is 67.2 Å². The fraction of sp³-hybridized carbons (Fsp3) is 0.714. The molecule has 1 aromatic rings. The smallest absolute Gasteiger partial charge is 0.186 e. The summed E-state index contributed by atoms with van der Waals surface area (Å²) in [5.41, 5.74) is 0.984. The Bertz CT molecular complexity index is 410. The summed E-state index contributed by atoms with van der Waals surface area (Å²) in [6.45, 7) is 4.28. The minimum absolute atomic E-state index is 0.368. The van der Waals surface area contributed by atoms with E-state index in [4.69, 9.17) is 4.98 Å². The number of hydrogen-bond donors (Lipinski definition) is 0. The summed E-state index contributed by atoms with van der Waals surface area (Å²) in [7, 11) is 2.11. The first-order chi connectivity index (χ1) is 8.67. The van der Waals surface area contributed by atoms with E-state index in [0.717, 1.165) is 28.4 Å². The van der Waals surface area contributed by atoms with Gasteiger partial charge in [0, 0.05) is 13.1 Å². The van der Waals surface area contributed by atoms with Gasteiger partial charge >= 0.3 is 0 Å². The summed E-state index contributed by atoms with van der Waals surface area (Å²) in [6, 6.07) is 0.612. The predicted octanol–water partition coefficient (Wildman–Crippen LogP) is 3.85. The predicted molar refractivity (Wildman–Crippen MR) is 76.9 cm³/mol. The largest absolute Gasteiger partial charge is 0.348 e.